The quantitative estimate of drug-likeness (QED) is 0.191. The van der Waals surface area contributed by atoms with Gasteiger partial charge in [-0.15, -0.1) is 0 Å². The largest absolute Gasteiger partial charge is 0.301 e. The van der Waals surface area contributed by atoms with Crippen molar-refractivity contribution in [1.29, 1.82) is 0 Å². The van der Waals surface area contributed by atoms with Crippen LogP contribution in [0.15, 0.2) is 170 Å². The van der Waals surface area contributed by atoms with Crippen molar-refractivity contribution in [2.75, 3.05) is 0 Å². The Morgan fingerprint density at radius 3 is 1.62 bits per heavy atom. The molecule has 0 amide bonds. The van der Waals surface area contributed by atoms with E-state index >= 15 is 0 Å². The first-order valence-corrected chi connectivity index (χ1v) is 16.6. The van der Waals surface area contributed by atoms with Gasteiger partial charge in [-0.05, 0) is 85.3 Å². The molecule has 2 aliphatic carbocycles. The molecule has 0 atom stereocenters. The van der Waals surface area contributed by atoms with E-state index in [-0.39, 0.29) is 5.41 Å². The third-order valence-electron chi connectivity index (χ3n) is 10.8. The summed E-state index contributed by atoms with van der Waals surface area (Å²) >= 11 is 0. The first-order chi connectivity index (χ1) is 23.8. The van der Waals surface area contributed by atoms with Crippen molar-refractivity contribution in [3.05, 3.63) is 192 Å². The van der Waals surface area contributed by atoms with Crippen molar-refractivity contribution in [2.45, 2.75) is 5.41 Å². The van der Waals surface area contributed by atoms with Crippen LogP contribution in [0, 0.1) is 0 Å². The van der Waals surface area contributed by atoms with Crippen LogP contribution in [0.25, 0.3) is 72.0 Å². The van der Waals surface area contributed by atoms with E-state index in [1.807, 2.05) is 0 Å². The minimum absolute atomic E-state index is 0.340. The number of rotatable bonds is 2. The molecular formula is C46H28N2. The highest BCUT2D eigenvalue weighted by molar-refractivity contribution is 6.12. The highest BCUT2D eigenvalue weighted by atomic mass is 15.0. The number of benzene rings is 6. The molecule has 2 nitrogen and oxygen atoms in total. The third kappa shape index (κ3) is 3.24. The molecule has 3 heterocycles. The Balaban J connectivity index is 1.09. The lowest BCUT2D eigenvalue weighted by Crippen LogP contribution is -2.25. The average Bonchev–Trinajstić information content (AvgIpc) is 3.79. The predicted molar refractivity (Wildman–Crippen MR) is 197 cm³/mol. The second-order valence-corrected chi connectivity index (χ2v) is 13.1. The van der Waals surface area contributed by atoms with E-state index in [0.29, 0.717) is 0 Å². The van der Waals surface area contributed by atoms with Crippen molar-refractivity contribution in [3.8, 4) is 44.6 Å². The minimum atomic E-state index is -0.340. The number of hydrogen-bond donors (Lipinski definition) is 0. The van der Waals surface area contributed by atoms with Crippen LogP contribution in [0.3, 0.4) is 0 Å². The molecule has 0 bridgehead atoms. The molecule has 0 aliphatic heterocycles. The van der Waals surface area contributed by atoms with E-state index in [4.69, 9.17) is 4.98 Å². The van der Waals surface area contributed by atoms with Gasteiger partial charge in [-0.1, -0.05) is 140 Å². The normalized spacial score (nSPS) is 13.6. The zero-order chi connectivity index (χ0) is 31.4. The lowest BCUT2D eigenvalue weighted by molar-refractivity contribution is 0.794. The summed E-state index contributed by atoms with van der Waals surface area (Å²) in [6.07, 6.45) is 2.10. The summed E-state index contributed by atoms with van der Waals surface area (Å²) in [5.41, 5.74) is 17.1. The Morgan fingerprint density at radius 1 is 0.396 bits per heavy atom. The summed E-state index contributed by atoms with van der Waals surface area (Å²) in [7, 11) is 0. The van der Waals surface area contributed by atoms with Crippen LogP contribution < -0.4 is 0 Å². The standard InChI is InChI=1S/C46H28N2/c1-2-16-38-33(12-1)39-28-32-11-9-10-26-48(32)45(39)47-44(38)30-22-20-29(21-23-30)31-24-25-37-36-15-5-8-19-42(36)46(43(37)27-31)40-17-6-3-13-34(40)35-14-4-7-18-41(35)46/h1-28H. The molecule has 0 saturated heterocycles. The van der Waals surface area contributed by atoms with E-state index in [9.17, 15) is 0 Å². The fourth-order valence-corrected chi connectivity index (χ4v) is 8.83. The molecule has 11 rings (SSSR count). The summed E-state index contributed by atoms with van der Waals surface area (Å²) < 4.78 is 2.19. The SMILES string of the molecule is c1ccc2c(c1)-c1ccccc1C21c2ccccc2-c2ccc(-c3ccc(-c4nc5c(cc6ccccn65)c5ccccc45)cc3)cc21. The Hall–Kier alpha value is -6.25. The van der Waals surface area contributed by atoms with Gasteiger partial charge in [-0.2, -0.15) is 0 Å². The summed E-state index contributed by atoms with van der Waals surface area (Å²) in [4.78, 5) is 5.29. The van der Waals surface area contributed by atoms with Crippen LogP contribution in [0.2, 0.25) is 0 Å². The van der Waals surface area contributed by atoms with Gasteiger partial charge in [0.25, 0.3) is 0 Å². The molecule has 9 aromatic rings. The van der Waals surface area contributed by atoms with Gasteiger partial charge in [-0.3, -0.25) is 0 Å². The molecule has 2 aliphatic rings. The fourth-order valence-electron chi connectivity index (χ4n) is 8.83. The lowest BCUT2D eigenvalue weighted by Gasteiger charge is -2.30. The molecule has 2 heteroatoms. The van der Waals surface area contributed by atoms with Crippen LogP contribution >= 0.6 is 0 Å². The van der Waals surface area contributed by atoms with Gasteiger partial charge < -0.3 is 4.40 Å². The van der Waals surface area contributed by atoms with Crippen molar-refractivity contribution in [3.63, 3.8) is 0 Å². The summed E-state index contributed by atoms with van der Waals surface area (Å²) in [6.45, 7) is 0. The third-order valence-corrected chi connectivity index (χ3v) is 10.8. The van der Waals surface area contributed by atoms with E-state index in [1.54, 1.807) is 0 Å². The zero-order valence-electron chi connectivity index (χ0n) is 26.1. The molecule has 1 spiro atoms. The fraction of sp³-hybridized carbons (Fsp3) is 0.0217. The lowest BCUT2D eigenvalue weighted by atomic mass is 9.70. The van der Waals surface area contributed by atoms with E-state index in [0.717, 1.165) is 22.4 Å². The molecule has 0 saturated carbocycles. The number of hydrogen-bond acceptors (Lipinski definition) is 1. The van der Waals surface area contributed by atoms with Gasteiger partial charge >= 0.3 is 0 Å². The van der Waals surface area contributed by atoms with Gasteiger partial charge in [0, 0.05) is 28.0 Å². The molecule has 48 heavy (non-hydrogen) atoms. The molecule has 6 aromatic carbocycles. The second-order valence-electron chi connectivity index (χ2n) is 13.1. The molecule has 222 valence electrons. The first-order valence-electron chi connectivity index (χ1n) is 16.6. The smallest absolute Gasteiger partial charge is 0.145 e. The molecule has 0 fully saturated rings. The Bertz CT molecular complexity index is 2720. The number of nitrogens with zero attached hydrogens (tertiary/aromatic N) is 2. The molecule has 0 N–H and O–H groups in total. The maximum absolute atomic E-state index is 5.29. The van der Waals surface area contributed by atoms with Crippen molar-refractivity contribution < 1.29 is 0 Å². The molecule has 3 aromatic heterocycles. The van der Waals surface area contributed by atoms with Crippen molar-refractivity contribution in [1.82, 2.24) is 9.38 Å². The van der Waals surface area contributed by atoms with E-state index < -0.39 is 0 Å². The van der Waals surface area contributed by atoms with Gasteiger partial charge in [0.15, 0.2) is 0 Å². The summed E-state index contributed by atoms with van der Waals surface area (Å²) in [5, 5.41) is 3.58. The highest BCUT2D eigenvalue weighted by Crippen LogP contribution is 2.63. The zero-order valence-corrected chi connectivity index (χ0v) is 26.1. The summed E-state index contributed by atoms with van der Waals surface area (Å²) in [5.74, 6) is 0. The Labute approximate surface area is 278 Å². The number of pyridine rings is 2. The summed E-state index contributed by atoms with van der Waals surface area (Å²) in [6, 6.07) is 60.3. The van der Waals surface area contributed by atoms with Crippen molar-refractivity contribution >= 4 is 27.3 Å². The van der Waals surface area contributed by atoms with Crippen LogP contribution in [0.5, 0.6) is 0 Å². The van der Waals surface area contributed by atoms with Crippen LogP contribution in [0.1, 0.15) is 22.3 Å². The number of aromatic nitrogens is 2. The first kappa shape index (κ1) is 25.9. The maximum atomic E-state index is 5.29. The Morgan fingerprint density at radius 2 is 0.938 bits per heavy atom. The van der Waals surface area contributed by atoms with Gasteiger partial charge in [0.1, 0.15) is 5.65 Å². The molecule has 0 radical (unpaired) electrons. The van der Waals surface area contributed by atoms with E-state index in [1.165, 1.54) is 71.8 Å². The van der Waals surface area contributed by atoms with Gasteiger partial charge in [-0.25, -0.2) is 4.98 Å². The van der Waals surface area contributed by atoms with Gasteiger partial charge in [0.2, 0.25) is 0 Å². The average molecular weight is 609 g/mol. The van der Waals surface area contributed by atoms with Crippen LogP contribution in [0.4, 0.5) is 0 Å². The van der Waals surface area contributed by atoms with Crippen LogP contribution in [-0.2, 0) is 5.41 Å². The monoisotopic (exact) mass is 608 g/mol. The van der Waals surface area contributed by atoms with Crippen molar-refractivity contribution in [2.24, 2.45) is 0 Å². The second kappa shape index (κ2) is 9.40. The molecular weight excluding hydrogens is 581 g/mol. The van der Waals surface area contributed by atoms with Crippen LogP contribution in [-0.4, -0.2) is 9.38 Å². The minimum Gasteiger partial charge on any atom is -0.301 e. The topological polar surface area (TPSA) is 17.3 Å². The predicted octanol–water partition coefficient (Wildman–Crippen LogP) is 11.3. The Kier molecular flexibility index (Phi) is 5.07. The van der Waals surface area contributed by atoms with E-state index in [2.05, 4.69) is 174 Å². The number of fused-ring (bicyclic) bond motifs is 15. The van der Waals surface area contributed by atoms with Gasteiger partial charge in [0.05, 0.1) is 11.1 Å². The molecule has 0 unspecified atom stereocenters. The maximum Gasteiger partial charge on any atom is 0.145 e. The highest BCUT2D eigenvalue weighted by Gasteiger charge is 2.51.